The molecule has 1 atom stereocenters. The molecule has 1 aromatic carbocycles. The number of aromatic nitrogens is 4. The van der Waals surface area contributed by atoms with Gasteiger partial charge in [-0.15, -0.1) is 10.2 Å². The Morgan fingerprint density at radius 2 is 1.95 bits per heavy atom. The van der Waals surface area contributed by atoms with Crippen LogP contribution in [-0.2, 0) is 23.3 Å². The van der Waals surface area contributed by atoms with Gasteiger partial charge in [0.2, 0.25) is 0 Å². The molecule has 2 N–H and O–H groups in total. The van der Waals surface area contributed by atoms with Gasteiger partial charge in [0.05, 0.1) is 11.9 Å². The van der Waals surface area contributed by atoms with E-state index in [4.69, 9.17) is 5.73 Å². The summed E-state index contributed by atoms with van der Waals surface area (Å²) in [5, 5.41) is 11.6. The molecule has 0 saturated carbocycles. The third kappa shape index (κ3) is 3.36. The Morgan fingerprint density at radius 3 is 2.42 bits per heavy atom. The molecule has 2 rings (SSSR count). The lowest BCUT2D eigenvalue weighted by Crippen LogP contribution is -2.14. The van der Waals surface area contributed by atoms with Crippen molar-refractivity contribution in [2.75, 3.05) is 6.26 Å². The molecule has 7 nitrogen and oxygen atoms in total. The van der Waals surface area contributed by atoms with Crippen LogP contribution in [0, 0.1) is 0 Å². The third-order valence-corrected chi connectivity index (χ3v) is 3.82. The van der Waals surface area contributed by atoms with Gasteiger partial charge in [0.25, 0.3) is 0 Å². The number of benzene rings is 1. The number of rotatable bonds is 4. The minimum Gasteiger partial charge on any atom is -0.324 e. The predicted octanol–water partition coefficient (Wildman–Crippen LogP) is -0.144. The lowest BCUT2D eigenvalue weighted by molar-refractivity contribution is 0.601. The zero-order chi connectivity index (χ0) is 14.0. The lowest BCUT2D eigenvalue weighted by Gasteiger charge is -2.10. The molecule has 0 aliphatic carbocycles. The minimum atomic E-state index is -3.18. The van der Waals surface area contributed by atoms with Crippen LogP contribution in [0.2, 0.25) is 0 Å². The van der Waals surface area contributed by atoms with E-state index < -0.39 is 9.84 Å². The summed E-state index contributed by atoms with van der Waals surface area (Å²) in [6.07, 6.45) is 1.62. The van der Waals surface area contributed by atoms with Crippen molar-refractivity contribution in [3.8, 4) is 0 Å². The average Bonchev–Trinajstić information content (AvgIpc) is 2.74. The van der Waals surface area contributed by atoms with Gasteiger partial charge >= 0.3 is 0 Å². The standard InChI is InChI=1S/C11H15N5O2S/c1-16-14-11(13-15-16)7-10(12)8-3-5-9(6-4-8)19(2,17)18/h3-6,10H,7,12H2,1-2H3. The Kier molecular flexibility index (Phi) is 3.63. The van der Waals surface area contributed by atoms with Gasteiger partial charge in [-0.1, -0.05) is 12.1 Å². The highest BCUT2D eigenvalue weighted by atomic mass is 32.2. The van der Waals surface area contributed by atoms with Gasteiger partial charge < -0.3 is 5.73 Å². The van der Waals surface area contributed by atoms with E-state index >= 15 is 0 Å². The van der Waals surface area contributed by atoms with Crippen LogP contribution in [-0.4, -0.2) is 34.9 Å². The second-order valence-corrected chi connectivity index (χ2v) is 6.36. The Labute approximate surface area is 111 Å². The van der Waals surface area contributed by atoms with E-state index in [1.54, 1.807) is 31.3 Å². The first-order valence-electron chi connectivity index (χ1n) is 5.65. The largest absolute Gasteiger partial charge is 0.324 e. The van der Waals surface area contributed by atoms with E-state index in [-0.39, 0.29) is 10.9 Å². The van der Waals surface area contributed by atoms with Crippen LogP contribution in [0.15, 0.2) is 29.2 Å². The van der Waals surface area contributed by atoms with E-state index in [1.807, 2.05) is 0 Å². The molecule has 1 aromatic heterocycles. The smallest absolute Gasteiger partial charge is 0.176 e. The summed E-state index contributed by atoms with van der Waals surface area (Å²) in [7, 11) is -1.50. The first kappa shape index (κ1) is 13.6. The topological polar surface area (TPSA) is 104 Å². The fraction of sp³-hybridized carbons (Fsp3) is 0.364. The van der Waals surface area contributed by atoms with Crippen LogP contribution in [0.3, 0.4) is 0 Å². The quantitative estimate of drug-likeness (QED) is 0.836. The summed E-state index contributed by atoms with van der Waals surface area (Å²) >= 11 is 0. The number of aryl methyl sites for hydroxylation is 1. The molecule has 0 saturated heterocycles. The number of nitrogens with two attached hydrogens (primary N) is 1. The fourth-order valence-corrected chi connectivity index (χ4v) is 2.31. The molecule has 102 valence electrons. The Bertz CT molecular complexity index is 663. The molecular formula is C11H15N5O2S. The molecule has 0 bridgehead atoms. The predicted molar refractivity (Wildman–Crippen MR) is 69.0 cm³/mol. The molecule has 0 aliphatic heterocycles. The second-order valence-electron chi connectivity index (χ2n) is 4.35. The van der Waals surface area contributed by atoms with Gasteiger partial charge in [-0.05, 0) is 22.9 Å². The molecule has 8 heteroatoms. The summed E-state index contributed by atoms with van der Waals surface area (Å²) in [5.74, 6) is 0.558. The average molecular weight is 281 g/mol. The molecule has 1 heterocycles. The van der Waals surface area contributed by atoms with Crippen molar-refractivity contribution >= 4 is 9.84 Å². The Hall–Kier alpha value is -1.80. The maximum atomic E-state index is 11.3. The van der Waals surface area contributed by atoms with E-state index in [0.29, 0.717) is 12.2 Å². The molecule has 19 heavy (non-hydrogen) atoms. The minimum absolute atomic E-state index is 0.279. The van der Waals surface area contributed by atoms with Crippen LogP contribution in [0.25, 0.3) is 0 Å². The van der Waals surface area contributed by atoms with Gasteiger partial charge in [0.1, 0.15) is 0 Å². The Balaban J connectivity index is 2.14. The van der Waals surface area contributed by atoms with E-state index in [2.05, 4.69) is 15.4 Å². The highest BCUT2D eigenvalue weighted by Gasteiger charge is 2.12. The van der Waals surface area contributed by atoms with Gasteiger partial charge in [-0.25, -0.2) is 8.42 Å². The first-order valence-corrected chi connectivity index (χ1v) is 7.54. The molecule has 0 fully saturated rings. The SMILES string of the molecule is Cn1nnc(CC(N)c2ccc(S(C)(=O)=O)cc2)n1. The van der Waals surface area contributed by atoms with Crippen molar-refractivity contribution in [2.45, 2.75) is 17.4 Å². The molecule has 1 unspecified atom stereocenters. The van der Waals surface area contributed by atoms with Crippen molar-refractivity contribution in [3.63, 3.8) is 0 Å². The van der Waals surface area contributed by atoms with Gasteiger partial charge in [0.15, 0.2) is 15.7 Å². The zero-order valence-corrected chi connectivity index (χ0v) is 11.5. The van der Waals surface area contributed by atoms with Crippen LogP contribution < -0.4 is 5.73 Å². The van der Waals surface area contributed by atoms with Crippen molar-refractivity contribution in [3.05, 3.63) is 35.7 Å². The summed E-state index contributed by atoms with van der Waals surface area (Å²) in [5.41, 5.74) is 6.86. The van der Waals surface area contributed by atoms with Gasteiger partial charge in [0, 0.05) is 18.7 Å². The van der Waals surface area contributed by atoms with Crippen molar-refractivity contribution in [2.24, 2.45) is 12.8 Å². The summed E-state index contributed by atoms with van der Waals surface area (Å²) in [4.78, 5) is 1.65. The van der Waals surface area contributed by atoms with Crippen molar-refractivity contribution in [1.29, 1.82) is 0 Å². The molecular weight excluding hydrogens is 266 g/mol. The van der Waals surface area contributed by atoms with Crippen LogP contribution in [0.4, 0.5) is 0 Å². The lowest BCUT2D eigenvalue weighted by atomic mass is 10.0. The van der Waals surface area contributed by atoms with Crippen LogP contribution >= 0.6 is 0 Å². The maximum Gasteiger partial charge on any atom is 0.176 e. The van der Waals surface area contributed by atoms with E-state index in [1.165, 1.54) is 11.1 Å². The van der Waals surface area contributed by atoms with Gasteiger partial charge in [-0.2, -0.15) is 4.80 Å². The van der Waals surface area contributed by atoms with E-state index in [9.17, 15) is 8.42 Å². The summed E-state index contributed by atoms with van der Waals surface area (Å²) in [6.45, 7) is 0. The van der Waals surface area contributed by atoms with Gasteiger partial charge in [-0.3, -0.25) is 0 Å². The molecule has 0 spiro atoms. The Morgan fingerprint density at radius 1 is 1.32 bits per heavy atom. The molecule has 0 amide bonds. The number of hydrogen-bond donors (Lipinski definition) is 1. The van der Waals surface area contributed by atoms with E-state index in [0.717, 1.165) is 5.56 Å². The normalized spacial score (nSPS) is 13.4. The first-order chi connectivity index (χ1) is 8.86. The zero-order valence-electron chi connectivity index (χ0n) is 10.7. The van der Waals surface area contributed by atoms with Crippen molar-refractivity contribution < 1.29 is 8.42 Å². The molecule has 0 radical (unpaired) electrons. The van der Waals surface area contributed by atoms with Crippen LogP contribution in [0.5, 0.6) is 0 Å². The monoisotopic (exact) mass is 281 g/mol. The highest BCUT2D eigenvalue weighted by molar-refractivity contribution is 7.90. The highest BCUT2D eigenvalue weighted by Crippen LogP contribution is 2.17. The number of sulfone groups is 1. The second kappa shape index (κ2) is 5.06. The third-order valence-electron chi connectivity index (χ3n) is 2.69. The fourth-order valence-electron chi connectivity index (χ4n) is 1.68. The summed E-state index contributed by atoms with van der Waals surface area (Å²) in [6, 6.07) is 6.22. The number of nitrogens with zero attached hydrogens (tertiary/aromatic N) is 4. The number of tetrazole rings is 1. The number of hydrogen-bond acceptors (Lipinski definition) is 6. The molecule has 2 aromatic rings. The van der Waals surface area contributed by atoms with Crippen molar-refractivity contribution in [1.82, 2.24) is 20.2 Å². The maximum absolute atomic E-state index is 11.3. The summed E-state index contributed by atoms with van der Waals surface area (Å²) < 4.78 is 22.7. The van der Waals surface area contributed by atoms with Crippen LogP contribution in [0.1, 0.15) is 17.4 Å². The molecule has 0 aliphatic rings.